The van der Waals surface area contributed by atoms with E-state index in [1.54, 1.807) is 19.1 Å². The molecule has 0 bridgehead atoms. The van der Waals surface area contributed by atoms with E-state index in [1.807, 2.05) is 50.2 Å². The summed E-state index contributed by atoms with van der Waals surface area (Å²) in [5.74, 6) is -0.554. The van der Waals surface area contributed by atoms with Gasteiger partial charge in [-0.05, 0) is 90.4 Å². The normalized spacial score (nSPS) is 11.8. The fourth-order valence-electron chi connectivity index (χ4n) is 4.44. The molecule has 2 N–H and O–H groups in total. The van der Waals surface area contributed by atoms with Gasteiger partial charge in [0, 0.05) is 0 Å². The van der Waals surface area contributed by atoms with E-state index >= 15 is 0 Å². The molecule has 3 aromatic carbocycles. The minimum Gasteiger partial charge on any atom is -0.489 e. The Balaban J connectivity index is 1.49. The van der Waals surface area contributed by atoms with Crippen LogP contribution in [0.15, 0.2) is 68.7 Å². The zero-order valence-electron chi connectivity index (χ0n) is 21.7. The lowest BCUT2D eigenvalue weighted by molar-refractivity contribution is -0.145. The highest BCUT2D eigenvalue weighted by Gasteiger charge is 2.19. The summed E-state index contributed by atoms with van der Waals surface area (Å²) >= 11 is 0. The molecule has 0 aliphatic carbocycles. The molecule has 1 aromatic heterocycles. The second-order valence-corrected chi connectivity index (χ2v) is 9.15. The molecule has 0 aliphatic heterocycles. The Morgan fingerprint density at radius 3 is 2.29 bits per heavy atom. The minimum atomic E-state index is -0.977. The summed E-state index contributed by atoms with van der Waals surface area (Å²) in [6.45, 7) is 8.32. The Bertz CT molecular complexity index is 1540. The van der Waals surface area contributed by atoms with Crippen LogP contribution in [-0.4, -0.2) is 26.9 Å². The number of aryl methyl sites for hydroxylation is 2. The number of aliphatic carboxylic acids is 1. The fourth-order valence-corrected chi connectivity index (χ4v) is 4.44. The van der Waals surface area contributed by atoms with E-state index < -0.39 is 23.5 Å². The zero-order chi connectivity index (χ0) is 27.4. The Labute approximate surface area is 219 Å². The Morgan fingerprint density at radius 2 is 1.71 bits per heavy atom. The molecule has 0 spiro atoms. The predicted molar refractivity (Wildman–Crippen MR) is 142 cm³/mol. The number of carboxylic acid groups (broad SMARTS) is 1. The van der Waals surface area contributed by atoms with E-state index in [2.05, 4.69) is 18.0 Å². The van der Waals surface area contributed by atoms with Crippen molar-refractivity contribution >= 4 is 5.97 Å². The van der Waals surface area contributed by atoms with Gasteiger partial charge in [-0.15, -0.1) is 4.74 Å². The van der Waals surface area contributed by atoms with E-state index in [0.29, 0.717) is 24.5 Å². The molecule has 0 fully saturated rings. The number of ether oxygens (including phenoxy) is 2. The van der Waals surface area contributed by atoms with Crippen LogP contribution in [0.4, 0.5) is 0 Å². The number of hydrogen-bond acceptors (Lipinski definition) is 6. The first-order chi connectivity index (χ1) is 18.2. The monoisotopic (exact) mass is 518 g/mol. The maximum absolute atomic E-state index is 11.6. The van der Waals surface area contributed by atoms with Crippen LogP contribution in [0.3, 0.4) is 0 Å². The maximum Gasteiger partial charge on any atom is 0.440 e. The van der Waals surface area contributed by atoms with Crippen LogP contribution < -0.4 is 20.9 Å². The number of carboxylic acids is 1. The van der Waals surface area contributed by atoms with Gasteiger partial charge in [-0.2, -0.15) is 0 Å². The third-order valence-electron chi connectivity index (χ3n) is 6.42. The molecule has 4 aromatic rings. The molecule has 1 heterocycles. The van der Waals surface area contributed by atoms with Crippen LogP contribution in [0.2, 0.25) is 0 Å². The van der Waals surface area contributed by atoms with Crippen LogP contribution in [0.25, 0.3) is 11.1 Å². The highest BCUT2D eigenvalue weighted by Crippen LogP contribution is 2.35. The van der Waals surface area contributed by atoms with Crippen LogP contribution in [-0.2, 0) is 17.9 Å². The molecule has 0 saturated carbocycles. The first kappa shape index (κ1) is 26.5. The van der Waals surface area contributed by atoms with E-state index in [1.165, 1.54) is 0 Å². The molecule has 4 rings (SSSR count). The second kappa shape index (κ2) is 11.2. The molecule has 0 aliphatic rings. The highest BCUT2D eigenvalue weighted by atomic mass is 16.5. The molecule has 198 valence electrons. The van der Waals surface area contributed by atoms with Crippen LogP contribution in [0.5, 0.6) is 11.5 Å². The summed E-state index contributed by atoms with van der Waals surface area (Å²) in [6, 6.07) is 17.1. The Morgan fingerprint density at radius 1 is 1.03 bits per heavy atom. The second-order valence-electron chi connectivity index (χ2n) is 9.15. The molecule has 9 nitrogen and oxygen atoms in total. The number of rotatable bonds is 10. The van der Waals surface area contributed by atoms with Crippen LogP contribution in [0.1, 0.15) is 41.2 Å². The molecule has 1 unspecified atom stereocenters. The number of carbonyl (C=O) groups is 1. The van der Waals surface area contributed by atoms with Crippen molar-refractivity contribution in [2.24, 2.45) is 0 Å². The molecule has 0 radical (unpaired) electrons. The number of nitrogens with zero attached hydrogens (tertiary/aromatic N) is 1. The van der Waals surface area contributed by atoms with Crippen molar-refractivity contribution in [3.63, 3.8) is 0 Å². The van der Waals surface area contributed by atoms with Crippen molar-refractivity contribution in [3.8, 4) is 22.6 Å². The molecule has 0 amide bonds. The third-order valence-corrected chi connectivity index (χ3v) is 6.42. The number of nitrogens with one attached hydrogen (secondary N) is 1. The first-order valence-electron chi connectivity index (χ1n) is 12.3. The van der Waals surface area contributed by atoms with Gasteiger partial charge in [0.2, 0.25) is 0 Å². The maximum atomic E-state index is 11.6. The van der Waals surface area contributed by atoms with E-state index in [4.69, 9.17) is 14.0 Å². The van der Waals surface area contributed by atoms with Gasteiger partial charge in [0.15, 0.2) is 6.10 Å². The summed E-state index contributed by atoms with van der Waals surface area (Å²) < 4.78 is 17.5. The first-order valence-corrected chi connectivity index (χ1v) is 12.3. The largest absolute Gasteiger partial charge is 0.489 e. The van der Waals surface area contributed by atoms with E-state index in [0.717, 1.165) is 43.7 Å². The molecular weight excluding hydrogens is 488 g/mol. The lowest BCUT2D eigenvalue weighted by atomic mass is 9.90. The molecule has 38 heavy (non-hydrogen) atoms. The van der Waals surface area contributed by atoms with Gasteiger partial charge in [-0.1, -0.05) is 37.3 Å². The summed E-state index contributed by atoms with van der Waals surface area (Å²) in [5, 5.41) is 9.33. The van der Waals surface area contributed by atoms with Gasteiger partial charge < -0.3 is 19.1 Å². The molecule has 9 heteroatoms. The lowest BCUT2D eigenvalue weighted by Crippen LogP contribution is -2.26. The topological polar surface area (TPSA) is 124 Å². The minimum absolute atomic E-state index is 0.136. The van der Waals surface area contributed by atoms with Gasteiger partial charge in [0.25, 0.3) is 0 Å². The fraction of sp³-hybridized carbons (Fsp3) is 0.276. The van der Waals surface area contributed by atoms with Crippen molar-refractivity contribution in [3.05, 3.63) is 103 Å². The van der Waals surface area contributed by atoms with Crippen molar-refractivity contribution in [2.45, 2.75) is 53.4 Å². The summed E-state index contributed by atoms with van der Waals surface area (Å²) in [4.78, 5) is 36.2. The molecule has 0 saturated heterocycles. The summed E-state index contributed by atoms with van der Waals surface area (Å²) in [5.41, 5.74) is 6.45. The Hall–Kier alpha value is -4.53. The van der Waals surface area contributed by atoms with Crippen LogP contribution >= 0.6 is 0 Å². The average Bonchev–Trinajstić information content (AvgIpc) is 3.19. The van der Waals surface area contributed by atoms with Crippen molar-refractivity contribution in [1.29, 1.82) is 0 Å². The lowest BCUT2D eigenvalue weighted by Gasteiger charge is -2.19. The number of benzene rings is 3. The smallest absolute Gasteiger partial charge is 0.440 e. The van der Waals surface area contributed by atoms with E-state index in [9.17, 15) is 19.5 Å². The number of aromatic amines is 1. The Kier molecular flexibility index (Phi) is 7.85. The van der Waals surface area contributed by atoms with E-state index in [-0.39, 0.29) is 6.54 Å². The number of aromatic nitrogens is 2. The van der Waals surface area contributed by atoms with Crippen molar-refractivity contribution in [1.82, 2.24) is 9.72 Å². The highest BCUT2D eigenvalue weighted by molar-refractivity contribution is 5.76. The SMILES string of the molecule is CCC(Oc1cc(C)c(-c2cccc(COc3ccc(Cn4oc(=O)[nH]c4=O)cc3)c2C)c(C)c1)C(=O)O. The standard InChI is InChI=1S/C29H30N2O7/c1-5-25(27(32)33)37-23-13-17(2)26(18(3)14-23)24-8-6-7-21(19(24)4)16-36-22-11-9-20(10-12-22)15-31-28(34)30-29(35)38-31/h6-14,25H,5,15-16H2,1-4H3,(H,32,33)(H,30,34,35). The van der Waals surface area contributed by atoms with Gasteiger partial charge in [-0.3, -0.25) is 0 Å². The summed E-state index contributed by atoms with van der Waals surface area (Å²) in [7, 11) is 0. The van der Waals surface area contributed by atoms with Gasteiger partial charge >= 0.3 is 17.4 Å². The quantitative estimate of drug-likeness (QED) is 0.315. The predicted octanol–water partition coefficient (Wildman–Crippen LogP) is 4.59. The summed E-state index contributed by atoms with van der Waals surface area (Å²) in [6.07, 6.45) is -0.502. The third kappa shape index (κ3) is 5.88. The van der Waals surface area contributed by atoms with Gasteiger partial charge in [0.1, 0.15) is 18.1 Å². The average molecular weight is 519 g/mol. The number of hydrogen-bond donors (Lipinski definition) is 2. The molecular formula is C29H30N2O7. The van der Waals surface area contributed by atoms with Crippen molar-refractivity contribution < 1.29 is 23.9 Å². The van der Waals surface area contributed by atoms with Gasteiger partial charge in [0.05, 0.1) is 6.54 Å². The molecule has 1 atom stereocenters. The van der Waals surface area contributed by atoms with Crippen LogP contribution in [0, 0.1) is 20.8 Å². The van der Waals surface area contributed by atoms with Crippen molar-refractivity contribution in [2.75, 3.05) is 0 Å². The zero-order valence-corrected chi connectivity index (χ0v) is 21.7. The number of H-pyrrole nitrogens is 1. The van der Waals surface area contributed by atoms with Gasteiger partial charge in [-0.25, -0.2) is 19.4 Å².